The number of benzene rings is 1. The number of amides is 1. The second-order valence-corrected chi connectivity index (χ2v) is 8.72. The average Bonchev–Trinajstić information content (AvgIpc) is 3.10. The maximum Gasteiger partial charge on any atom is 0.342 e. The summed E-state index contributed by atoms with van der Waals surface area (Å²) in [5.74, 6) is -1.08. The Morgan fingerprint density at radius 3 is 2.47 bits per heavy atom. The van der Waals surface area contributed by atoms with Crippen LogP contribution < -0.4 is 5.32 Å². The molecule has 1 N–H and O–H groups in total. The highest BCUT2D eigenvalue weighted by molar-refractivity contribution is 7.89. The van der Waals surface area contributed by atoms with Gasteiger partial charge in [0.15, 0.2) is 6.61 Å². The molecule has 10 nitrogen and oxygen atoms in total. The van der Waals surface area contributed by atoms with E-state index in [0.717, 1.165) is 5.56 Å². The molecule has 0 aliphatic carbocycles. The molecule has 0 radical (unpaired) electrons. The van der Waals surface area contributed by atoms with Gasteiger partial charge in [0, 0.05) is 32.4 Å². The SMILES string of the molecule is Cc1c(C(=O)OCC(=O)NCc2ccc(S(=O)(=O)N3CCOCC3)cc2)cnn1C. The van der Waals surface area contributed by atoms with Crippen molar-refractivity contribution in [2.75, 3.05) is 32.9 Å². The van der Waals surface area contributed by atoms with Crippen molar-refractivity contribution in [3.8, 4) is 0 Å². The monoisotopic (exact) mass is 436 g/mol. The number of ether oxygens (including phenoxy) is 2. The van der Waals surface area contributed by atoms with Crippen LogP contribution >= 0.6 is 0 Å². The predicted molar refractivity (Wildman–Crippen MR) is 106 cm³/mol. The van der Waals surface area contributed by atoms with Crippen LogP contribution in [-0.4, -0.2) is 67.3 Å². The maximum absolute atomic E-state index is 12.6. The number of carbonyl (C=O) groups is 2. The Balaban J connectivity index is 1.49. The molecular weight excluding hydrogens is 412 g/mol. The predicted octanol–water partition coefficient (Wildman–Crippen LogP) is 0.223. The third kappa shape index (κ3) is 5.04. The number of aromatic nitrogens is 2. The van der Waals surface area contributed by atoms with Crippen LogP contribution in [0.25, 0.3) is 0 Å². The van der Waals surface area contributed by atoms with Gasteiger partial charge in [-0.05, 0) is 24.6 Å². The summed E-state index contributed by atoms with van der Waals surface area (Å²) in [5.41, 5.74) is 1.67. The third-order valence-corrected chi connectivity index (χ3v) is 6.72. The van der Waals surface area contributed by atoms with Crippen molar-refractivity contribution in [1.82, 2.24) is 19.4 Å². The van der Waals surface area contributed by atoms with E-state index >= 15 is 0 Å². The number of nitrogens with one attached hydrogen (secondary N) is 1. The first-order valence-corrected chi connectivity index (χ1v) is 10.8. The Morgan fingerprint density at radius 1 is 1.20 bits per heavy atom. The van der Waals surface area contributed by atoms with Gasteiger partial charge < -0.3 is 14.8 Å². The van der Waals surface area contributed by atoms with Crippen LogP contribution in [0.5, 0.6) is 0 Å². The zero-order valence-corrected chi connectivity index (χ0v) is 17.6. The number of nitrogens with zero attached hydrogens (tertiary/aromatic N) is 3. The molecule has 1 amide bonds. The quantitative estimate of drug-likeness (QED) is 0.617. The summed E-state index contributed by atoms with van der Waals surface area (Å²) in [5, 5.41) is 6.59. The molecule has 1 aliphatic rings. The largest absolute Gasteiger partial charge is 0.452 e. The highest BCUT2D eigenvalue weighted by atomic mass is 32.2. The molecule has 30 heavy (non-hydrogen) atoms. The van der Waals surface area contributed by atoms with Crippen molar-refractivity contribution >= 4 is 21.9 Å². The molecule has 0 atom stereocenters. The normalized spacial score (nSPS) is 15.0. The minimum absolute atomic E-state index is 0.181. The van der Waals surface area contributed by atoms with Gasteiger partial charge in [-0.15, -0.1) is 0 Å². The van der Waals surface area contributed by atoms with Gasteiger partial charge in [-0.25, -0.2) is 13.2 Å². The van der Waals surface area contributed by atoms with Gasteiger partial charge in [0.25, 0.3) is 5.91 Å². The number of hydrogen-bond donors (Lipinski definition) is 1. The zero-order valence-electron chi connectivity index (χ0n) is 16.8. The lowest BCUT2D eigenvalue weighted by atomic mass is 10.2. The van der Waals surface area contributed by atoms with Gasteiger partial charge in [-0.2, -0.15) is 9.40 Å². The van der Waals surface area contributed by atoms with Gasteiger partial charge in [0.1, 0.15) is 5.56 Å². The van der Waals surface area contributed by atoms with E-state index in [4.69, 9.17) is 9.47 Å². The molecule has 1 aliphatic heterocycles. The number of carbonyl (C=O) groups excluding carboxylic acids is 2. The van der Waals surface area contributed by atoms with Crippen LogP contribution in [0.2, 0.25) is 0 Å². The van der Waals surface area contributed by atoms with Crippen LogP contribution in [0, 0.1) is 6.92 Å². The number of morpholine rings is 1. The lowest BCUT2D eigenvalue weighted by Gasteiger charge is -2.26. The van der Waals surface area contributed by atoms with E-state index in [1.165, 1.54) is 22.6 Å². The molecule has 1 aromatic carbocycles. The van der Waals surface area contributed by atoms with Crippen molar-refractivity contribution < 1.29 is 27.5 Å². The Kier molecular flexibility index (Phi) is 6.85. The minimum Gasteiger partial charge on any atom is -0.452 e. The average molecular weight is 436 g/mol. The summed E-state index contributed by atoms with van der Waals surface area (Å²) in [4.78, 5) is 24.1. The maximum atomic E-state index is 12.6. The number of hydrogen-bond acceptors (Lipinski definition) is 7. The standard InChI is InChI=1S/C19H24N4O6S/c1-14-17(12-21-22(14)2)19(25)29-13-18(24)20-11-15-3-5-16(6-4-15)30(26,27)23-7-9-28-10-8-23/h3-6,12H,7-11,13H2,1-2H3,(H,20,24). The molecule has 1 fully saturated rings. The first-order chi connectivity index (χ1) is 14.3. The summed E-state index contributed by atoms with van der Waals surface area (Å²) in [6, 6.07) is 6.30. The summed E-state index contributed by atoms with van der Waals surface area (Å²) in [6.45, 7) is 2.92. The van der Waals surface area contributed by atoms with Gasteiger partial charge in [-0.1, -0.05) is 12.1 Å². The van der Waals surface area contributed by atoms with Crippen LogP contribution in [0.3, 0.4) is 0 Å². The van der Waals surface area contributed by atoms with Crippen molar-refractivity contribution in [2.24, 2.45) is 7.05 Å². The topological polar surface area (TPSA) is 120 Å². The fourth-order valence-corrected chi connectivity index (χ4v) is 4.28. The van der Waals surface area contributed by atoms with Crippen LogP contribution in [-0.2, 0) is 37.9 Å². The third-order valence-electron chi connectivity index (χ3n) is 4.81. The Morgan fingerprint density at radius 2 is 1.87 bits per heavy atom. The summed E-state index contributed by atoms with van der Waals surface area (Å²) >= 11 is 0. The van der Waals surface area contributed by atoms with E-state index < -0.39 is 28.5 Å². The van der Waals surface area contributed by atoms with Gasteiger partial charge in [0.2, 0.25) is 10.0 Å². The summed E-state index contributed by atoms with van der Waals surface area (Å²) in [6.07, 6.45) is 1.39. The first kappa shape index (κ1) is 21.9. The molecule has 162 valence electrons. The van der Waals surface area contributed by atoms with Crippen molar-refractivity contribution in [2.45, 2.75) is 18.4 Å². The van der Waals surface area contributed by atoms with E-state index in [1.807, 2.05) is 0 Å². The molecule has 2 aromatic rings. The van der Waals surface area contributed by atoms with Crippen LogP contribution in [0.4, 0.5) is 0 Å². The Labute approximate surface area is 174 Å². The summed E-state index contributed by atoms with van der Waals surface area (Å²) in [7, 11) is -1.85. The van der Waals surface area contributed by atoms with Crippen LogP contribution in [0.15, 0.2) is 35.4 Å². The van der Waals surface area contributed by atoms with E-state index in [1.54, 1.807) is 30.8 Å². The van der Waals surface area contributed by atoms with Gasteiger partial charge in [-0.3, -0.25) is 9.48 Å². The van der Waals surface area contributed by atoms with Crippen molar-refractivity contribution in [1.29, 1.82) is 0 Å². The number of sulfonamides is 1. The second kappa shape index (κ2) is 9.37. The molecule has 0 saturated carbocycles. The van der Waals surface area contributed by atoms with E-state index in [9.17, 15) is 18.0 Å². The Hall–Kier alpha value is -2.76. The lowest BCUT2D eigenvalue weighted by molar-refractivity contribution is -0.124. The molecule has 2 heterocycles. The van der Waals surface area contributed by atoms with Crippen molar-refractivity contribution in [3.63, 3.8) is 0 Å². The molecule has 0 bridgehead atoms. The number of rotatable bonds is 7. The van der Waals surface area contributed by atoms with Gasteiger partial charge >= 0.3 is 5.97 Å². The number of esters is 1. The molecular formula is C19H24N4O6S. The highest BCUT2D eigenvalue weighted by Crippen LogP contribution is 2.17. The van der Waals surface area contributed by atoms with Crippen molar-refractivity contribution in [3.05, 3.63) is 47.3 Å². The molecule has 3 rings (SSSR count). The fourth-order valence-electron chi connectivity index (χ4n) is 2.87. The second-order valence-electron chi connectivity index (χ2n) is 6.78. The van der Waals surface area contributed by atoms with E-state index in [-0.39, 0.29) is 11.4 Å². The van der Waals surface area contributed by atoms with Gasteiger partial charge in [0.05, 0.1) is 24.3 Å². The molecule has 1 aromatic heterocycles. The molecule has 0 spiro atoms. The molecule has 11 heteroatoms. The smallest absolute Gasteiger partial charge is 0.342 e. The zero-order chi connectivity index (χ0) is 21.7. The lowest BCUT2D eigenvalue weighted by Crippen LogP contribution is -2.40. The van der Waals surface area contributed by atoms with E-state index in [2.05, 4.69) is 10.4 Å². The molecule has 1 saturated heterocycles. The molecule has 0 unspecified atom stereocenters. The Bertz CT molecular complexity index is 1010. The number of aryl methyl sites for hydroxylation is 1. The first-order valence-electron chi connectivity index (χ1n) is 9.38. The fraction of sp³-hybridized carbons (Fsp3) is 0.421. The minimum atomic E-state index is -3.55. The highest BCUT2D eigenvalue weighted by Gasteiger charge is 2.26. The van der Waals surface area contributed by atoms with Crippen LogP contribution in [0.1, 0.15) is 21.6 Å². The summed E-state index contributed by atoms with van der Waals surface area (Å²) < 4.78 is 38.3. The van der Waals surface area contributed by atoms with E-state index in [0.29, 0.717) is 37.6 Å².